The Balaban J connectivity index is 1.56. The van der Waals surface area contributed by atoms with E-state index in [2.05, 4.69) is 10.6 Å². The molecule has 1 aliphatic heterocycles. The first-order valence-corrected chi connectivity index (χ1v) is 10.7. The molecule has 2 aromatic carbocycles. The van der Waals surface area contributed by atoms with Crippen LogP contribution in [0.3, 0.4) is 0 Å². The molecule has 0 spiro atoms. The van der Waals surface area contributed by atoms with Crippen LogP contribution in [-0.2, 0) is 14.3 Å². The highest BCUT2D eigenvalue weighted by Gasteiger charge is 2.21. The van der Waals surface area contributed by atoms with Crippen molar-refractivity contribution < 1.29 is 28.6 Å². The minimum absolute atomic E-state index is 0.114. The molecule has 0 radical (unpaired) electrons. The van der Waals surface area contributed by atoms with E-state index in [1.165, 1.54) is 7.11 Å². The van der Waals surface area contributed by atoms with Crippen LogP contribution in [0, 0.1) is 0 Å². The Labute approximate surface area is 193 Å². The molecule has 176 valence electrons. The minimum atomic E-state index is -0.650. The number of nitrogens with one attached hydrogen (secondary N) is 2. The van der Waals surface area contributed by atoms with Crippen molar-refractivity contribution in [3.63, 3.8) is 0 Å². The van der Waals surface area contributed by atoms with Gasteiger partial charge in [-0.05, 0) is 69.7 Å². The lowest BCUT2D eigenvalue weighted by Gasteiger charge is -2.20. The summed E-state index contributed by atoms with van der Waals surface area (Å²) in [4.78, 5) is 38.0. The van der Waals surface area contributed by atoms with Gasteiger partial charge >= 0.3 is 6.09 Å². The van der Waals surface area contributed by atoms with Crippen LogP contribution >= 0.6 is 0 Å². The van der Waals surface area contributed by atoms with E-state index in [9.17, 15) is 14.4 Å². The normalized spacial score (nSPS) is 13.5. The highest BCUT2D eigenvalue weighted by atomic mass is 16.6. The number of ether oxygens (including phenoxy) is 3. The monoisotopic (exact) mass is 455 g/mol. The summed E-state index contributed by atoms with van der Waals surface area (Å²) in [6, 6.07) is 11.9. The first kappa shape index (κ1) is 23.9. The number of carbonyl (C=O) groups is 3. The van der Waals surface area contributed by atoms with E-state index in [1.54, 1.807) is 68.1 Å². The lowest BCUT2D eigenvalue weighted by Crippen LogP contribution is -2.27. The Kier molecular flexibility index (Phi) is 7.42. The predicted octanol–water partition coefficient (Wildman–Crippen LogP) is 4.19. The van der Waals surface area contributed by atoms with Gasteiger partial charge in [-0.25, -0.2) is 4.79 Å². The van der Waals surface area contributed by atoms with E-state index in [1.807, 2.05) is 0 Å². The lowest BCUT2D eigenvalue weighted by atomic mass is 10.2. The van der Waals surface area contributed by atoms with Crippen molar-refractivity contribution in [2.75, 3.05) is 35.8 Å². The molecule has 33 heavy (non-hydrogen) atoms. The van der Waals surface area contributed by atoms with Gasteiger partial charge in [0.15, 0.2) is 6.61 Å². The average Bonchev–Trinajstić information content (AvgIpc) is 3.17. The topological polar surface area (TPSA) is 106 Å². The van der Waals surface area contributed by atoms with Crippen LogP contribution in [0.1, 0.15) is 33.6 Å². The number of methoxy groups -OCH3 is 1. The number of carbonyl (C=O) groups excluding carboxylic acids is 3. The van der Waals surface area contributed by atoms with Crippen LogP contribution in [0.15, 0.2) is 42.5 Å². The fourth-order valence-electron chi connectivity index (χ4n) is 3.29. The molecule has 3 rings (SSSR count). The van der Waals surface area contributed by atoms with Crippen LogP contribution in [-0.4, -0.2) is 43.8 Å². The van der Waals surface area contributed by atoms with Gasteiger partial charge in [0.2, 0.25) is 5.91 Å². The maximum Gasteiger partial charge on any atom is 0.412 e. The van der Waals surface area contributed by atoms with E-state index in [-0.39, 0.29) is 18.4 Å². The fourth-order valence-corrected chi connectivity index (χ4v) is 3.29. The number of rotatable bonds is 7. The number of amides is 3. The zero-order chi connectivity index (χ0) is 24.0. The van der Waals surface area contributed by atoms with Gasteiger partial charge in [0.25, 0.3) is 5.91 Å². The van der Waals surface area contributed by atoms with Gasteiger partial charge in [0.05, 0.1) is 12.8 Å². The molecule has 0 saturated carbocycles. The minimum Gasteiger partial charge on any atom is -0.495 e. The van der Waals surface area contributed by atoms with Gasteiger partial charge in [-0.1, -0.05) is 0 Å². The smallest absolute Gasteiger partial charge is 0.412 e. The van der Waals surface area contributed by atoms with Crippen LogP contribution < -0.4 is 25.0 Å². The maximum atomic E-state index is 12.3. The Morgan fingerprint density at radius 1 is 1.06 bits per heavy atom. The second-order valence-electron chi connectivity index (χ2n) is 8.52. The Hall–Kier alpha value is -3.75. The molecule has 9 heteroatoms. The zero-order valence-corrected chi connectivity index (χ0v) is 19.3. The first-order valence-electron chi connectivity index (χ1n) is 10.7. The first-order chi connectivity index (χ1) is 15.6. The van der Waals surface area contributed by atoms with E-state index in [0.717, 1.165) is 12.1 Å². The Bertz CT molecular complexity index is 1010. The Morgan fingerprint density at radius 3 is 2.39 bits per heavy atom. The molecule has 1 heterocycles. The summed E-state index contributed by atoms with van der Waals surface area (Å²) in [6.45, 7) is 5.80. The number of benzene rings is 2. The van der Waals surface area contributed by atoms with Gasteiger partial charge in [0.1, 0.15) is 17.1 Å². The van der Waals surface area contributed by atoms with Gasteiger partial charge in [-0.15, -0.1) is 0 Å². The fraction of sp³-hybridized carbons (Fsp3) is 0.375. The van der Waals surface area contributed by atoms with E-state index in [4.69, 9.17) is 14.2 Å². The molecule has 0 unspecified atom stereocenters. The van der Waals surface area contributed by atoms with Crippen molar-refractivity contribution >= 4 is 35.0 Å². The molecule has 0 bridgehead atoms. The maximum absolute atomic E-state index is 12.3. The van der Waals surface area contributed by atoms with Crippen molar-refractivity contribution in [1.82, 2.24) is 0 Å². The van der Waals surface area contributed by atoms with E-state index >= 15 is 0 Å². The third-order valence-electron chi connectivity index (χ3n) is 4.71. The lowest BCUT2D eigenvalue weighted by molar-refractivity contribution is -0.118. The van der Waals surface area contributed by atoms with Crippen molar-refractivity contribution in [3.8, 4) is 11.5 Å². The number of hydrogen-bond acceptors (Lipinski definition) is 6. The van der Waals surface area contributed by atoms with Crippen LogP contribution in [0.4, 0.5) is 21.9 Å². The standard InChI is InChI=1S/C24H29N3O6/c1-24(2,3)33-23(30)26-19-14-16(7-12-20(19)31-4)25-21(28)15-32-18-10-8-17(9-11-18)27-13-5-6-22(27)29/h7-12,14H,5-6,13,15H2,1-4H3,(H,25,28)(H,26,30). The molecule has 0 atom stereocenters. The number of hydrogen-bond donors (Lipinski definition) is 2. The van der Waals surface area contributed by atoms with Gasteiger partial charge in [-0.3, -0.25) is 14.9 Å². The molecule has 9 nitrogen and oxygen atoms in total. The predicted molar refractivity (Wildman–Crippen MR) is 125 cm³/mol. The SMILES string of the molecule is COc1ccc(NC(=O)COc2ccc(N3CCCC3=O)cc2)cc1NC(=O)OC(C)(C)C. The highest BCUT2D eigenvalue weighted by Crippen LogP contribution is 2.28. The number of nitrogens with zero attached hydrogens (tertiary/aromatic N) is 1. The Morgan fingerprint density at radius 2 is 1.79 bits per heavy atom. The van der Waals surface area contributed by atoms with Crippen molar-refractivity contribution in [2.45, 2.75) is 39.2 Å². The van der Waals surface area contributed by atoms with Gasteiger partial charge in [0, 0.05) is 24.3 Å². The molecular formula is C24H29N3O6. The molecule has 1 fully saturated rings. The molecule has 1 aliphatic rings. The molecular weight excluding hydrogens is 426 g/mol. The molecule has 1 saturated heterocycles. The van der Waals surface area contributed by atoms with Crippen LogP contribution in [0.25, 0.3) is 0 Å². The molecule has 2 aromatic rings. The summed E-state index contributed by atoms with van der Waals surface area (Å²) in [7, 11) is 1.48. The summed E-state index contributed by atoms with van der Waals surface area (Å²) < 4.78 is 16.1. The van der Waals surface area contributed by atoms with Gasteiger partial charge < -0.3 is 24.4 Å². The summed E-state index contributed by atoms with van der Waals surface area (Å²) >= 11 is 0. The van der Waals surface area contributed by atoms with Crippen molar-refractivity contribution in [1.29, 1.82) is 0 Å². The van der Waals surface area contributed by atoms with Crippen molar-refractivity contribution in [3.05, 3.63) is 42.5 Å². The van der Waals surface area contributed by atoms with Crippen LogP contribution in [0.2, 0.25) is 0 Å². The summed E-state index contributed by atoms with van der Waals surface area (Å²) in [5.41, 5.74) is 0.983. The largest absolute Gasteiger partial charge is 0.495 e. The second-order valence-corrected chi connectivity index (χ2v) is 8.52. The van der Waals surface area contributed by atoms with E-state index in [0.29, 0.717) is 35.8 Å². The van der Waals surface area contributed by atoms with Crippen LogP contribution in [0.5, 0.6) is 11.5 Å². The summed E-state index contributed by atoms with van der Waals surface area (Å²) in [5.74, 6) is 0.680. The van der Waals surface area contributed by atoms with Gasteiger partial charge in [-0.2, -0.15) is 0 Å². The molecule has 0 aromatic heterocycles. The highest BCUT2D eigenvalue weighted by molar-refractivity contribution is 5.95. The van der Waals surface area contributed by atoms with Crippen molar-refractivity contribution in [2.24, 2.45) is 0 Å². The number of anilines is 3. The second kappa shape index (κ2) is 10.2. The summed E-state index contributed by atoms with van der Waals surface area (Å²) in [6.07, 6.45) is 0.794. The van der Waals surface area contributed by atoms with E-state index < -0.39 is 11.7 Å². The molecule has 0 aliphatic carbocycles. The summed E-state index contributed by atoms with van der Waals surface area (Å²) in [5, 5.41) is 5.35. The molecule has 2 N–H and O–H groups in total. The third kappa shape index (κ3) is 6.86. The quantitative estimate of drug-likeness (QED) is 0.649. The average molecular weight is 456 g/mol. The molecule has 3 amide bonds. The zero-order valence-electron chi connectivity index (χ0n) is 19.3. The third-order valence-corrected chi connectivity index (χ3v) is 4.71.